The van der Waals surface area contributed by atoms with Crippen molar-refractivity contribution < 1.29 is 27.5 Å². The molecule has 0 aliphatic carbocycles. The Morgan fingerprint density at radius 1 is 1.04 bits per heavy atom. The van der Waals surface area contributed by atoms with Gasteiger partial charge in [-0.3, -0.25) is 9.59 Å². The van der Waals surface area contributed by atoms with Crippen LogP contribution >= 0.6 is 0 Å². The number of hydrogen-bond acceptors (Lipinski definition) is 6. The lowest BCUT2D eigenvalue weighted by Gasteiger charge is -2.22. The number of esters is 1. The maximum Gasteiger partial charge on any atom is 0.307 e. The Bertz CT molecular complexity index is 700. The molecular formula is C17H26N2O6S. The highest BCUT2D eigenvalue weighted by Crippen LogP contribution is 2.15. The minimum atomic E-state index is -3.55. The van der Waals surface area contributed by atoms with Gasteiger partial charge >= 0.3 is 5.97 Å². The number of carbonyl (C=O) groups excluding carboxylic acids is 2. The van der Waals surface area contributed by atoms with Gasteiger partial charge < -0.3 is 14.4 Å². The zero-order valence-electron chi connectivity index (χ0n) is 15.6. The SMILES string of the molecule is COCCCN(CCC(=O)OC)C(=O)c1ccc(S(=O)(=O)N(C)C)cc1. The monoisotopic (exact) mass is 386 g/mol. The lowest BCUT2D eigenvalue weighted by atomic mass is 10.2. The van der Waals surface area contributed by atoms with Crippen molar-refractivity contribution in [2.24, 2.45) is 0 Å². The first-order valence-electron chi connectivity index (χ1n) is 8.11. The van der Waals surface area contributed by atoms with Gasteiger partial charge in [0.25, 0.3) is 5.91 Å². The van der Waals surface area contributed by atoms with Gasteiger partial charge in [-0.25, -0.2) is 12.7 Å². The van der Waals surface area contributed by atoms with E-state index >= 15 is 0 Å². The van der Waals surface area contributed by atoms with Gasteiger partial charge in [0.15, 0.2) is 0 Å². The van der Waals surface area contributed by atoms with Crippen molar-refractivity contribution in [3.63, 3.8) is 0 Å². The first-order valence-corrected chi connectivity index (χ1v) is 9.55. The van der Waals surface area contributed by atoms with E-state index in [0.29, 0.717) is 25.1 Å². The molecule has 0 spiro atoms. The minimum Gasteiger partial charge on any atom is -0.469 e. The third-order valence-electron chi connectivity index (χ3n) is 3.76. The van der Waals surface area contributed by atoms with Crippen LogP contribution in [0.2, 0.25) is 0 Å². The zero-order valence-corrected chi connectivity index (χ0v) is 16.4. The number of sulfonamides is 1. The number of rotatable bonds is 10. The summed E-state index contributed by atoms with van der Waals surface area (Å²) in [5, 5.41) is 0. The van der Waals surface area contributed by atoms with Crippen LogP contribution < -0.4 is 0 Å². The van der Waals surface area contributed by atoms with Crippen molar-refractivity contribution >= 4 is 21.9 Å². The molecule has 1 aromatic carbocycles. The molecule has 0 fully saturated rings. The molecule has 0 unspecified atom stereocenters. The molecule has 1 amide bonds. The van der Waals surface area contributed by atoms with Gasteiger partial charge in [-0.2, -0.15) is 0 Å². The lowest BCUT2D eigenvalue weighted by Crippen LogP contribution is -2.34. The summed E-state index contributed by atoms with van der Waals surface area (Å²) in [5.74, 6) is -0.680. The third-order valence-corrected chi connectivity index (χ3v) is 5.59. The van der Waals surface area contributed by atoms with E-state index in [4.69, 9.17) is 4.74 Å². The lowest BCUT2D eigenvalue weighted by molar-refractivity contribution is -0.140. The van der Waals surface area contributed by atoms with E-state index in [1.165, 1.54) is 50.4 Å². The van der Waals surface area contributed by atoms with E-state index in [0.717, 1.165) is 4.31 Å². The summed E-state index contributed by atoms with van der Waals surface area (Å²) in [4.78, 5) is 25.7. The van der Waals surface area contributed by atoms with Crippen LogP contribution in [-0.2, 0) is 24.3 Å². The zero-order chi connectivity index (χ0) is 19.7. The van der Waals surface area contributed by atoms with E-state index in [9.17, 15) is 18.0 Å². The van der Waals surface area contributed by atoms with E-state index in [1.54, 1.807) is 7.11 Å². The second-order valence-electron chi connectivity index (χ2n) is 5.78. The van der Waals surface area contributed by atoms with Crippen molar-refractivity contribution in [1.29, 1.82) is 0 Å². The summed E-state index contributed by atoms with van der Waals surface area (Å²) in [7, 11) is 2.20. The average molecular weight is 386 g/mol. The molecule has 1 rings (SSSR count). The highest BCUT2D eigenvalue weighted by Gasteiger charge is 2.20. The van der Waals surface area contributed by atoms with Crippen LogP contribution in [-0.4, -0.2) is 77.5 Å². The Balaban J connectivity index is 2.93. The van der Waals surface area contributed by atoms with Crippen molar-refractivity contribution in [3.8, 4) is 0 Å². The number of methoxy groups -OCH3 is 2. The van der Waals surface area contributed by atoms with Crippen LogP contribution in [0.4, 0.5) is 0 Å². The molecule has 0 bridgehead atoms. The molecule has 8 nitrogen and oxygen atoms in total. The molecule has 0 aliphatic rings. The average Bonchev–Trinajstić information content (AvgIpc) is 2.63. The van der Waals surface area contributed by atoms with Crippen LogP contribution in [0.25, 0.3) is 0 Å². The van der Waals surface area contributed by atoms with E-state index < -0.39 is 16.0 Å². The summed E-state index contributed by atoms with van der Waals surface area (Å²) >= 11 is 0. The first-order chi connectivity index (χ1) is 12.2. The van der Waals surface area contributed by atoms with Gasteiger partial charge in [-0.15, -0.1) is 0 Å². The summed E-state index contributed by atoms with van der Waals surface area (Å²) in [6.45, 7) is 1.12. The molecule has 146 valence electrons. The number of hydrogen-bond donors (Lipinski definition) is 0. The van der Waals surface area contributed by atoms with Gasteiger partial charge in [-0.05, 0) is 30.7 Å². The first kappa shape index (κ1) is 22.1. The molecule has 0 heterocycles. The minimum absolute atomic E-state index is 0.0856. The Kier molecular flexibility index (Phi) is 8.70. The summed E-state index contributed by atoms with van der Waals surface area (Å²) in [5.41, 5.74) is 0.352. The Labute approximate surface area is 154 Å². The Hall–Kier alpha value is -1.97. The standard InChI is InChI=1S/C17H26N2O6S/c1-18(2)26(22,23)15-8-6-14(7-9-15)17(21)19(11-5-13-24-3)12-10-16(20)25-4/h6-9H,5,10-13H2,1-4H3. The highest BCUT2D eigenvalue weighted by molar-refractivity contribution is 7.89. The maximum absolute atomic E-state index is 12.7. The number of carbonyl (C=O) groups is 2. The Morgan fingerprint density at radius 2 is 1.65 bits per heavy atom. The maximum atomic E-state index is 12.7. The van der Waals surface area contributed by atoms with Gasteiger partial charge in [-0.1, -0.05) is 0 Å². The molecule has 0 aliphatic heterocycles. The van der Waals surface area contributed by atoms with E-state index in [1.807, 2.05) is 0 Å². The fourth-order valence-electron chi connectivity index (χ4n) is 2.21. The predicted molar refractivity (Wildman–Crippen MR) is 96.3 cm³/mol. The molecule has 0 saturated carbocycles. The van der Waals surface area contributed by atoms with Crippen molar-refractivity contribution in [2.75, 3.05) is 48.0 Å². The van der Waals surface area contributed by atoms with E-state index in [-0.39, 0.29) is 23.8 Å². The number of benzene rings is 1. The Morgan fingerprint density at radius 3 is 2.15 bits per heavy atom. The number of nitrogens with zero attached hydrogens (tertiary/aromatic N) is 2. The second kappa shape index (κ2) is 10.2. The topological polar surface area (TPSA) is 93.2 Å². The molecular weight excluding hydrogens is 360 g/mol. The smallest absolute Gasteiger partial charge is 0.307 e. The summed E-state index contributed by atoms with van der Waals surface area (Å²) in [6, 6.07) is 5.74. The van der Waals surface area contributed by atoms with Crippen LogP contribution in [0.5, 0.6) is 0 Å². The molecule has 0 atom stereocenters. The van der Waals surface area contributed by atoms with Crippen LogP contribution in [0.3, 0.4) is 0 Å². The predicted octanol–water partition coefficient (Wildman–Crippen LogP) is 0.979. The van der Waals surface area contributed by atoms with Gasteiger partial charge in [0.05, 0.1) is 18.4 Å². The highest BCUT2D eigenvalue weighted by atomic mass is 32.2. The third kappa shape index (κ3) is 6.08. The fraction of sp³-hybridized carbons (Fsp3) is 0.529. The number of ether oxygens (including phenoxy) is 2. The quantitative estimate of drug-likeness (QED) is 0.440. The van der Waals surface area contributed by atoms with Crippen LogP contribution in [0.15, 0.2) is 29.2 Å². The summed E-state index contributed by atoms with van der Waals surface area (Å²) < 4.78 is 34.9. The molecule has 0 N–H and O–H groups in total. The molecule has 0 aromatic heterocycles. The molecule has 9 heteroatoms. The van der Waals surface area contributed by atoms with Gasteiger partial charge in [0.2, 0.25) is 10.0 Å². The molecule has 0 radical (unpaired) electrons. The molecule has 26 heavy (non-hydrogen) atoms. The molecule has 1 aromatic rings. The number of amides is 1. The van der Waals surface area contributed by atoms with Crippen molar-refractivity contribution in [2.45, 2.75) is 17.7 Å². The fourth-order valence-corrected chi connectivity index (χ4v) is 3.11. The van der Waals surface area contributed by atoms with Crippen molar-refractivity contribution in [1.82, 2.24) is 9.21 Å². The van der Waals surface area contributed by atoms with E-state index in [2.05, 4.69) is 4.74 Å². The van der Waals surface area contributed by atoms with Crippen molar-refractivity contribution in [3.05, 3.63) is 29.8 Å². The van der Waals surface area contributed by atoms with Crippen LogP contribution in [0.1, 0.15) is 23.2 Å². The largest absolute Gasteiger partial charge is 0.469 e. The summed E-state index contributed by atoms with van der Waals surface area (Å²) in [6.07, 6.45) is 0.707. The second-order valence-corrected chi connectivity index (χ2v) is 7.93. The van der Waals surface area contributed by atoms with Crippen LogP contribution in [0, 0.1) is 0 Å². The van der Waals surface area contributed by atoms with Gasteiger partial charge in [0, 0.05) is 46.5 Å². The molecule has 0 saturated heterocycles. The normalized spacial score (nSPS) is 11.4. The van der Waals surface area contributed by atoms with Gasteiger partial charge in [0.1, 0.15) is 0 Å².